The lowest BCUT2D eigenvalue weighted by molar-refractivity contribution is 0.108. The summed E-state index contributed by atoms with van der Waals surface area (Å²) in [5.74, 6) is 2.64. The molecule has 0 bridgehead atoms. The molecule has 3 nitrogen and oxygen atoms in total. The van der Waals surface area contributed by atoms with E-state index in [1.165, 1.54) is 32.1 Å². The maximum atomic E-state index is 13.2. The highest BCUT2D eigenvalue weighted by atomic mass is 35.5. The van der Waals surface area contributed by atoms with Gasteiger partial charge in [-0.05, 0) is 63.9 Å². The molecule has 0 N–H and O–H groups in total. The molecule has 0 heterocycles. The first-order valence-electron chi connectivity index (χ1n) is 13.4. The van der Waals surface area contributed by atoms with Gasteiger partial charge in [0.15, 0.2) is 5.52 Å². The molecule has 0 radical (unpaired) electrons. The molecule has 3 unspecified atom stereocenters. The van der Waals surface area contributed by atoms with Crippen molar-refractivity contribution in [3.8, 4) is 11.5 Å². The number of carbonyl (C=O) groups excluding carboxylic acids is 1. The highest BCUT2D eigenvalue weighted by molar-refractivity contribution is 7.66. The van der Waals surface area contributed by atoms with Gasteiger partial charge in [0.2, 0.25) is 0 Å². The van der Waals surface area contributed by atoms with E-state index in [-0.39, 0.29) is 14.1 Å². The maximum absolute atomic E-state index is 13.2. The normalized spacial score (nSPS) is 13.2. The van der Waals surface area contributed by atoms with Gasteiger partial charge in [-0.25, -0.2) is 0 Å². The summed E-state index contributed by atoms with van der Waals surface area (Å²) in [5, 5.41) is 1.42. The van der Waals surface area contributed by atoms with E-state index in [9.17, 15) is 4.79 Å². The molecule has 35 heavy (non-hydrogen) atoms. The third-order valence-corrected chi connectivity index (χ3v) is 8.17. The highest BCUT2D eigenvalue weighted by Crippen LogP contribution is 2.32. The largest absolute Gasteiger partial charge is 0.493 e. The number of ether oxygens (including phenoxy) is 2. The predicted octanol–water partition coefficient (Wildman–Crippen LogP) is 8.98. The molecular weight excluding hydrogens is 475 g/mol. The summed E-state index contributed by atoms with van der Waals surface area (Å²) in [6.07, 6.45) is 9.39. The van der Waals surface area contributed by atoms with E-state index in [0.29, 0.717) is 35.6 Å². The third-order valence-electron chi connectivity index (χ3n) is 6.70. The average molecular weight is 519 g/mol. The Morgan fingerprint density at radius 2 is 1.54 bits per heavy atom. The first-order chi connectivity index (χ1) is 16.9. The molecule has 0 amide bonds. The van der Waals surface area contributed by atoms with Crippen molar-refractivity contribution in [3.05, 3.63) is 52.5 Å². The lowest BCUT2D eigenvalue weighted by Gasteiger charge is -2.20. The fourth-order valence-electron chi connectivity index (χ4n) is 4.14. The fourth-order valence-corrected chi connectivity index (χ4v) is 5.66. The molecule has 0 aliphatic heterocycles. The topological polar surface area (TPSA) is 35.5 Å². The van der Waals surface area contributed by atoms with Crippen molar-refractivity contribution in [2.45, 2.75) is 86.0 Å². The summed E-state index contributed by atoms with van der Waals surface area (Å²) in [5.41, 5.74) is 1.55. The molecule has 0 spiro atoms. The molecule has 0 aliphatic carbocycles. The second-order valence-electron chi connectivity index (χ2n) is 9.50. The number of halogens is 1. The number of carbonyl (C=O) groups is 1. The van der Waals surface area contributed by atoms with Crippen LogP contribution in [0.1, 0.15) is 95.0 Å². The van der Waals surface area contributed by atoms with Crippen molar-refractivity contribution in [2.24, 2.45) is 11.8 Å². The third kappa shape index (κ3) is 9.77. The van der Waals surface area contributed by atoms with Gasteiger partial charge >= 0.3 is 0 Å². The minimum atomic E-state index is -0.0578. The van der Waals surface area contributed by atoms with Crippen molar-refractivity contribution in [2.75, 3.05) is 13.2 Å². The standard InChI is InChI=1S/C30H44ClO3P/c1-6-10-14-23(8-3)20-33-25-17-18-28(27(19-25)34-21-24(9-4)15-11-7-2)35-30(32)29-22(5)13-12-16-26(29)31/h12-13,16-19,23-24,35H,6-11,14-15,20-21H2,1-5H3. The zero-order valence-corrected chi connectivity index (χ0v) is 24.0. The van der Waals surface area contributed by atoms with Gasteiger partial charge in [0.05, 0.1) is 18.2 Å². The Balaban J connectivity index is 2.22. The Morgan fingerprint density at radius 3 is 2.11 bits per heavy atom. The Hall–Kier alpha value is -1.57. The van der Waals surface area contributed by atoms with Crippen LogP contribution in [0.25, 0.3) is 0 Å². The molecular formula is C30H44ClO3P. The zero-order chi connectivity index (χ0) is 25.6. The second kappa shape index (κ2) is 16.2. The highest BCUT2D eigenvalue weighted by Gasteiger charge is 2.18. The molecule has 2 rings (SSSR count). The van der Waals surface area contributed by atoms with Crippen molar-refractivity contribution in [3.63, 3.8) is 0 Å². The molecule has 0 fully saturated rings. The van der Waals surface area contributed by atoms with Crippen LogP contribution in [0.4, 0.5) is 0 Å². The van der Waals surface area contributed by atoms with Gasteiger partial charge in [0.25, 0.3) is 0 Å². The second-order valence-corrected chi connectivity index (χ2v) is 11.1. The van der Waals surface area contributed by atoms with Crippen LogP contribution in [0.2, 0.25) is 5.02 Å². The quantitative estimate of drug-likeness (QED) is 0.196. The molecule has 3 atom stereocenters. The minimum absolute atomic E-state index is 0.0373. The van der Waals surface area contributed by atoms with Gasteiger partial charge in [-0.2, -0.15) is 0 Å². The van der Waals surface area contributed by atoms with Crippen LogP contribution in [-0.4, -0.2) is 18.7 Å². The van der Waals surface area contributed by atoms with Gasteiger partial charge in [-0.1, -0.05) is 90.0 Å². The van der Waals surface area contributed by atoms with Crippen LogP contribution >= 0.6 is 20.2 Å². The van der Waals surface area contributed by atoms with Crippen molar-refractivity contribution >= 4 is 31.0 Å². The van der Waals surface area contributed by atoms with Crippen molar-refractivity contribution in [1.82, 2.24) is 0 Å². The molecule has 0 aliphatic rings. The van der Waals surface area contributed by atoms with Crippen molar-refractivity contribution in [1.29, 1.82) is 0 Å². The fraction of sp³-hybridized carbons (Fsp3) is 0.567. The SMILES string of the molecule is CCCCC(CC)COc1ccc(PC(=O)c2c(C)cccc2Cl)c(OCC(CC)CCCC)c1. The van der Waals surface area contributed by atoms with Crippen LogP contribution in [0, 0.1) is 18.8 Å². The Kier molecular flexibility index (Phi) is 13.8. The monoisotopic (exact) mass is 518 g/mol. The number of unbranched alkanes of at least 4 members (excludes halogenated alkanes) is 2. The van der Waals surface area contributed by atoms with Gasteiger partial charge in [0, 0.05) is 16.9 Å². The van der Waals surface area contributed by atoms with Crippen LogP contribution in [0.15, 0.2) is 36.4 Å². The summed E-state index contributed by atoms with van der Waals surface area (Å²) in [6.45, 7) is 12.2. The van der Waals surface area contributed by atoms with Crippen LogP contribution < -0.4 is 14.8 Å². The van der Waals surface area contributed by atoms with Gasteiger partial charge in [0.1, 0.15) is 11.5 Å². The Morgan fingerprint density at radius 1 is 0.914 bits per heavy atom. The molecule has 0 saturated heterocycles. The summed E-state index contributed by atoms with van der Waals surface area (Å²) in [7, 11) is -0.0578. The average Bonchev–Trinajstić information content (AvgIpc) is 2.85. The molecule has 2 aromatic carbocycles. The van der Waals surface area contributed by atoms with Crippen LogP contribution in [0.5, 0.6) is 11.5 Å². The maximum Gasteiger partial charge on any atom is 0.187 e. The molecule has 2 aromatic rings. The number of benzene rings is 2. The minimum Gasteiger partial charge on any atom is -0.493 e. The smallest absolute Gasteiger partial charge is 0.187 e. The van der Waals surface area contributed by atoms with E-state index in [1.807, 2.05) is 37.3 Å². The number of hydrogen-bond acceptors (Lipinski definition) is 3. The number of hydrogen-bond donors (Lipinski definition) is 0. The van der Waals surface area contributed by atoms with E-state index in [2.05, 4.69) is 27.7 Å². The molecule has 0 aromatic heterocycles. The van der Waals surface area contributed by atoms with Gasteiger partial charge < -0.3 is 9.47 Å². The summed E-state index contributed by atoms with van der Waals surface area (Å²) >= 11 is 6.38. The summed E-state index contributed by atoms with van der Waals surface area (Å²) < 4.78 is 12.6. The van der Waals surface area contributed by atoms with Crippen molar-refractivity contribution < 1.29 is 14.3 Å². The zero-order valence-electron chi connectivity index (χ0n) is 22.3. The van der Waals surface area contributed by atoms with E-state index in [4.69, 9.17) is 21.1 Å². The van der Waals surface area contributed by atoms with E-state index in [0.717, 1.165) is 41.6 Å². The van der Waals surface area contributed by atoms with E-state index >= 15 is 0 Å². The molecule has 194 valence electrons. The van der Waals surface area contributed by atoms with Crippen LogP contribution in [0.3, 0.4) is 0 Å². The Bertz CT molecular complexity index is 894. The summed E-state index contributed by atoms with van der Waals surface area (Å²) in [6, 6.07) is 11.5. The van der Waals surface area contributed by atoms with E-state index < -0.39 is 0 Å². The number of rotatable bonds is 17. The first-order valence-corrected chi connectivity index (χ1v) is 14.8. The first kappa shape index (κ1) is 29.7. The lowest BCUT2D eigenvalue weighted by atomic mass is 10.0. The van der Waals surface area contributed by atoms with Gasteiger partial charge in [-0.3, -0.25) is 4.79 Å². The summed E-state index contributed by atoms with van der Waals surface area (Å²) in [4.78, 5) is 13.2. The van der Waals surface area contributed by atoms with Gasteiger partial charge in [-0.15, -0.1) is 0 Å². The molecule has 5 heteroatoms. The van der Waals surface area contributed by atoms with E-state index in [1.54, 1.807) is 6.07 Å². The lowest BCUT2D eigenvalue weighted by Crippen LogP contribution is -2.16. The number of aryl methyl sites for hydroxylation is 1. The van der Waals surface area contributed by atoms with Crippen LogP contribution in [-0.2, 0) is 0 Å². The molecule has 0 saturated carbocycles. The predicted molar refractivity (Wildman–Crippen MR) is 153 cm³/mol. The Labute approximate surface area is 220 Å².